The Hall–Kier alpha value is -2.06. The third-order valence-corrected chi connectivity index (χ3v) is 5.99. The summed E-state index contributed by atoms with van der Waals surface area (Å²) in [6, 6.07) is 0. The highest BCUT2D eigenvalue weighted by molar-refractivity contribution is 7.52. The summed E-state index contributed by atoms with van der Waals surface area (Å²) in [4.78, 5) is 22.5. The van der Waals surface area contributed by atoms with Crippen molar-refractivity contribution in [3.8, 4) is 12.3 Å². The summed E-state index contributed by atoms with van der Waals surface area (Å²) in [5.74, 6) is 2.63. The largest absolute Gasteiger partial charge is 0.382 e. The van der Waals surface area contributed by atoms with Crippen LogP contribution in [0.1, 0.15) is 54.2 Å². The lowest BCUT2D eigenvalue weighted by molar-refractivity contribution is -0.0713. The number of nitrogen functional groups attached to an aromatic ring is 1. The Balaban J connectivity index is 0.00000137. The number of anilines is 1. The number of ether oxygens (including phenoxy) is 3. The van der Waals surface area contributed by atoms with Crippen LogP contribution >= 0.6 is 7.60 Å². The molecule has 0 aromatic carbocycles. The second-order valence-corrected chi connectivity index (χ2v) is 8.84. The van der Waals surface area contributed by atoms with Crippen molar-refractivity contribution in [1.82, 2.24) is 19.5 Å². The molecule has 2 aromatic heterocycles. The van der Waals surface area contributed by atoms with Crippen molar-refractivity contribution < 1.29 is 28.2 Å². The molecule has 0 saturated carbocycles. The second kappa shape index (κ2) is 15.0. The van der Waals surface area contributed by atoms with Gasteiger partial charge in [-0.05, 0) is 6.42 Å². The summed E-state index contributed by atoms with van der Waals surface area (Å²) in [7, 11) is -3.87. The molecule has 34 heavy (non-hydrogen) atoms. The van der Waals surface area contributed by atoms with Gasteiger partial charge < -0.3 is 24.8 Å². The van der Waals surface area contributed by atoms with Crippen molar-refractivity contribution in [2.45, 2.75) is 72.5 Å². The van der Waals surface area contributed by atoms with Crippen molar-refractivity contribution in [2.75, 3.05) is 31.7 Å². The van der Waals surface area contributed by atoms with Crippen molar-refractivity contribution in [3.63, 3.8) is 0 Å². The molecule has 1 saturated heterocycles. The number of hydrogen-bond acceptors (Lipinski definition) is 9. The normalized spacial score (nSPS) is 23.2. The molecule has 12 heteroatoms. The van der Waals surface area contributed by atoms with E-state index in [2.05, 4.69) is 20.9 Å². The number of fused-ring (bicyclic) bond motifs is 1. The van der Waals surface area contributed by atoms with Crippen LogP contribution in [0.25, 0.3) is 11.2 Å². The Bertz CT molecular complexity index is 949. The van der Waals surface area contributed by atoms with Crippen molar-refractivity contribution in [1.29, 1.82) is 0 Å². The lowest BCUT2D eigenvalue weighted by Gasteiger charge is -2.26. The van der Waals surface area contributed by atoms with E-state index in [1.165, 1.54) is 12.7 Å². The Morgan fingerprint density at radius 1 is 1.24 bits per heavy atom. The highest BCUT2D eigenvalue weighted by Gasteiger charge is 2.50. The van der Waals surface area contributed by atoms with Crippen LogP contribution in [0.15, 0.2) is 12.7 Å². The van der Waals surface area contributed by atoms with E-state index in [-0.39, 0.29) is 25.2 Å². The van der Waals surface area contributed by atoms with Gasteiger partial charge in [0, 0.05) is 12.8 Å². The minimum atomic E-state index is -3.87. The van der Waals surface area contributed by atoms with Gasteiger partial charge in [0.25, 0.3) is 0 Å². The molecule has 1 aliphatic rings. The number of rotatable bonds is 10. The van der Waals surface area contributed by atoms with Gasteiger partial charge >= 0.3 is 7.60 Å². The van der Waals surface area contributed by atoms with Gasteiger partial charge in [0.2, 0.25) is 0 Å². The number of aromatic nitrogens is 4. The van der Waals surface area contributed by atoms with Crippen molar-refractivity contribution >= 4 is 24.6 Å². The third kappa shape index (κ3) is 7.47. The third-order valence-electron chi connectivity index (χ3n) is 4.62. The first-order chi connectivity index (χ1) is 16.4. The van der Waals surface area contributed by atoms with Gasteiger partial charge in [-0.15, -0.1) is 6.42 Å². The highest BCUT2D eigenvalue weighted by Crippen LogP contribution is 2.48. The van der Waals surface area contributed by atoms with E-state index >= 15 is 0 Å². The number of hydrogen-bond donors (Lipinski definition) is 2. The number of nitrogens with two attached hydrogens (primary N) is 1. The monoisotopic (exact) mass is 499 g/mol. The summed E-state index contributed by atoms with van der Waals surface area (Å²) < 4.78 is 37.2. The molecule has 3 rings (SSSR count). The van der Waals surface area contributed by atoms with E-state index in [9.17, 15) is 9.46 Å². The zero-order chi connectivity index (χ0) is 25.7. The summed E-state index contributed by atoms with van der Waals surface area (Å²) >= 11 is 0. The van der Waals surface area contributed by atoms with Crippen LogP contribution in [-0.4, -0.2) is 68.7 Å². The van der Waals surface area contributed by atoms with Gasteiger partial charge in [-0.25, -0.2) is 15.0 Å². The van der Waals surface area contributed by atoms with Gasteiger partial charge in [0.05, 0.1) is 12.9 Å². The number of nitrogens with zero attached hydrogens (tertiary/aromatic N) is 4. The number of imidazole rings is 1. The predicted octanol–water partition coefficient (Wildman–Crippen LogP) is 3.39. The van der Waals surface area contributed by atoms with Crippen LogP contribution in [0.4, 0.5) is 5.82 Å². The maximum Gasteiger partial charge on any atom is 0.328 e. The summed E-state index contributed by atoms with van der Waals surface area (Å²) in [6.07, 6.45) is 5.78. The van der Waals surface area contributed by atoms with Gasteiger partial charge in [-0.2, -0.15) is 0 Å². The van der Waals surface area contributed by atoms with E-state index in [0.717, 1.165) is 6.42 Å². The highest BCUT2D eigenvalue weighted by atomic mass is 31.2. The Morgan fingerprint density at radius 2 is 1.94 bits per heavy atom. The first kappa shape index (κ1) is 30.0. The summed E-state index contributed by atoms with van der Waals surface area (Å²) in [5.41, 5.74) is 6.71. The van der Waals surface area contributed by atoms with Crippen LogP contribution in [-0.2, 0) is 23.3 Å². The quantitative estimate of drug-likeness (QED) is 0.283. The van der Waals surface area contributed by atoms with Gasteiger partial charge in [0.15, 0.2) is 17.7 Å². The molecule has 0 amide bonds. The molecule has 1 fully saturated rings. The zero-order valence-electron chi connectivity index (χ0n) is 20.9. The second-order valence-electron chi connectivity index (χ2n) is 6.73. The zero-order valence-corrected chi connectivity index (χ0v) is 21.8. The maximum absolute atomic E-state index is 12.4. The molecule has 11 nitrogen and oxygen atoms in total. The molecule has 0 bridgehead atoms. The molecule has 1 aliphatic heterocycles. The molecule has 192 valence electrons. The topological polar surface area (TPSA) is 144 Å². The molecule has 0 aliphatic carbocycles. The molecule has 3 heterocycles. The van der Waals surface area contributed by atoms with Crippen LogP contribution in [0.3, 0.4) is 0 Å². The lowest BCUT2D eigenvalue weighted by Crippen LogP contribution is -2.38. The van der Waals surface area contributed by atoms with E-state index in [0.29, 0.717) is 17.8 Å². The Labute approximate surface area is 201 Å². The van der Waals surface area contributed by atoms with E-state index < -0.39 is 32.1 Å². The Morgan fingerprint density at radius 3 is 2.56 bits per heavy atom. The first-order valence-corrected chi connectivity index (χ1v) is 13.4. The van der Waals surface area contributed by atoms with Crippen LogP contribution in [0, 0.1) is 12.3 Å². The van der Waals surface area contributed by atoms with Gasteiger partial charge in [-0.1, -0.05) is 47.5 Å². The summed E-state index contributed by atoms with van der Waals surface area (Å²) in [5, 5.41) is 0. The number of terminal acetylenes is 1. The molecule has 0 spiro atoms. The smallest absolute Gasteiger partial charge is 0.328 e. The average molecular weight is 500 g/mol. The fraction of sp³-hybridized carbons (Fsp3) is 0.682. The SMILES string of the molecule is C#CCOC1C(OP(=O)(O)CC)C(COCCC)OC1n1cnc2c(N)ncnc21.CC.CC. The van der Waals surface area contributed by atoms with Crippen molar-refractivity contribution in [3.05, 3.63) is 12.7 Å². The fourth-order valence-corrected chi connectivity index (χ4v) is 3.97. The molecule has 2 aromatic rings. The maximum atomic E-state index is 12.4. The minimum Gasteiger partial charge on any atom is -0.382 e. The van der Waals surface area contributed by atoms with Crippen molar-refractivity contribution in [2.24, 2.45) is 0 Å². The lowest BCUT2D eigenvalue weighted by atomic mass is 10.1. The molecular weight excluding hydrogens is 461 g/mol. The van der Waals surface area contributed by atoms with Crippen LogP contribution in [0.2, 0.25) is 0 Å². The molecule has 0 radical (unpaired) electrons. The first-order valence-electron chi connectivity index (χ1n) is 11.6. The van der Waals surface area contributed by atoms with Gasteiger partial charge in [-0.3, -0.25) is 13.7 Å². The average Bonchev–Trinajstić information content (AvgIpc) is 3.42. The Kier molecular flexibility index (Phi) is 13.3. The van der Waals surface area contributed by atoms with Gasteiger partial charge in [0.1, 0.15) is 36.8 Å². The van der Waals surface area contributed by atoms with E-state index in [1.54, 1.807) is 11.5 Å². The van der Waals surface area contributed by atoms with E-state index in [1.807, 2.05) is 34.6 Å². The molecule has 5 unspecified atom stereocenters. The molecule has 3 N–H and O–H groups in total. The minimum absolute atomic E-state index is 0.0431. The standard InChI is InChI=1S/C18H26N5O6P.2C2H6/c1-4-7-26-9-12-14(29-30(24,25)6-3)15(27-8-5-2)18(28-12)23-11-22-13-16(19)20-10-21-17(13)23;2*1-2/h2,10-12,14-15,18H,4,6-9H2,1,3H3,(H,24,25)(H2,19,20,21);2*1-2H3. The van der Waals surface area contributed by atoms with Crippen LogP contribution < -0.4 is 5.73 Å². The summed E-state index contributed by atoms with van der Waals surface area (Å²) in [6.45, 7) is 12.2. The van der Waals surface area contributed by atoms with E-state index in [4.69, 9.17) is 30.9 Å². The molecule has 5 atom stereocenters. The predicted molar refractivity (Wildman–Crippen MR) is 131 cm³/mol. The van der Waals surface area contributed by atoms with Crippen LogP contribution in [0.5, 0.6) is 0 Å². The molecular formula is C22H38N5O6P. The fourth-order valence-electron chi connectivity index (χ4n) is 3.18.